The maximum Gasteiger partial charge on any atom is 0.160 e. The molecule has 0 aliphatic heterocycles. The van der Waals surface area contributed by atoms with Crippen molar-refractivity contribution < 1.29 is 0 Å². The number of benzene rings is 8. The van der Waals surface area contributed by atoms with Crippen molar-refractivity contribution in [3.8, 4) is 45.3 Å². The Morgan fingerprint density at radius 1 is 0.358 bits per heavy atom. The predicted octanol–water partition coefficient (Wildman–Crippen LogP) is 12.9. The van der Waals surface area contributed by atoms with Gasteiger partial charge in [-0.15, -0.1) is 11.3 Å². The molecule has 3 heterocycles. The van der Waals surface area contributed by atoms with Crippen LogP contribution in [-0.2, 0) is 0 Å². The van der Waals surface area contributed by atoms with Crippen molar-refractivity contribution in [1.29, 1.82) is 0 Å². The van der Waals surface area contributed by atoms with Crippen molar-refractivity contribution in [2.24, 2.45) is 0 Å². The molecular formula is C48H28N4S. The number of para-hydroxylation sites is 1. The van der Waals surface area contributed by atoms with E-state index in [0.29, 0.717) is 11.6 Å². The summed E-state index contributed by atoms with van der Waals surface area (Å²) in [6, 6.07) is 59.6. The van der Waals surface area contributed by atoms with E-state index in [4.69, 9.17) is 19.9 Å². The first-order chi connectivity index (χ1) is 26.3. The lowest BCUT2D eigenvalue weighted by Gasteiger charge is -2.12. The fourth-order valence-corrected chi connectivity index (χ4v) is 8.92. The van der Waals surface area contributed by atoms with E-state index in [2.05, 4.69) is 140 Å². The average Bonchev–Trinajstić information content (AvgIpc) is 3.62. The number of rotatable bonds is 4. The molecule has 246 valence electrons. The summed E-state index contributed by atoms with van der Waals surface area (Å²) in [5, 5.41) is 9.47. The number of nitrogens with zero attached hydrogens (tertiary/aromatic N) is 4. The first-order valence-corrected chi connectivity index (χ1v) is 18.5. The van der Waals surface area contributed by atoms with Crippen LogP contribution in [0, 0.1) is 0 Å². The van der Waals surface area contributed by atoms with Crippen LogP contribution in [-0.4, -0.2) is 19.9 Å². The van der Waals surface area contributed by atoms with Gasteiger partial charge in [0, 0.05) is 37.7 Å². The van der Waals surface area contributed by atoms with Crippen molar-refractivity contribution in [3.63, 3.8) is 0 Å². The summed E-state index contributed by atoms with van der Waals surface area (Å²) in [5.41, 5.74) is 7.81. The third-order valence-electron chi connectivity index (χ3n) is 10.3. The molecule has 0 unspecified atom stereocenters. The molecule has 0 bridgehead atoms. The summed E-state index contributed by atoms with van der Waals surface area (Å²) in [7, 11) is 0. The maximum atomic E-state index is 5.43. The molecule has 0 atom stereocenters. The highest BCUT2D eigenvalue weighted by Gasteiger charge is 2.20. The number of hydrogen-bond donors (Lipinski definition) is 0. The zero-order valence-corrected chi connectivity index (χ0v) is 29.2. The lowest BCUT2D eigenvalue weighted by molar-refractivity contribution is 1.22. The van der Waals surface area contributed by atoms with E-state index >= 15 is 0 Å². The normalized spacial score (nSPS) is 11.8. The standard InChI is InChI=1S/C48H28N4S/c1-2-13-32(14-3-1)47-49-40-20-9-8-17-39(40)43(50-47)31-21-23-33(24-22-31)48-51-44(38-19-10-18-36-34-15-6-4-11-29(34)25-27-37(36)38)46-45(52-48)42-35-16-7-5-12-30(35)26-28-41(42)53-46/h1-28H. The van der Waals surface area contributed by atoms with Crippen molar-refractivity contribution in [2.45, 2.75) is 0 Å². The fraction of sp³-hybridized carbons (Fsp3) is 0. The molecule has 0 radical (unpaired) electrons. The SMILES string of the molecule is c1ccc(-c2nc(-c3ccc(-c4nc(-c5cccc6c5ccc5ccccc56)c5sc6ccc7ccccc7c6c5n4)cc3)c3ccccc3n2)cc1. The summed E-state index contributed by atoms with van der Waals surface area (Å²) >= 11 is 1.78. The van der Waals surface area contributed by atoms with Crippen LogP contribution >= 0.6 is 11.3 Å². The smallest absolute Gasteiger partial charge is 0.160 e. The minimum Gasteiger partial charge on any atom is -0.228 e. The van der Waals surface area contributed by atoms with E-state index in [9.17, 15) is 0 Å². The molecular weight excluding hydrogens is 665 g/mol. The largest absolute Gasteiger partial charge is 0.228 e. The average molecular weight is 693 g/mol. The second-order valence-electron chi connectivity index (χ2n) is 13.4. The van der Waals surface area contributed by atoms with E-state index in [1.165, 1.54) is 42.4 Å². The number of hydrogen-bond acceptors (Lipinski definition) is 5. The van der Waals surface area contributed by atoms with E-state index in [1.807, 2.05) is 30.3 Å². The number of aromatic nitrogens is 4. The Morgan fingerprint density at radius 2 is 0.981 bits per heavy atom. The summed E-state index contributed by atoms with van der Waals surface area (Å²) in [6.45, 7) is 0. The Bertz CT molecular complexity index is 3220. The third kappa shape index (κ3) is 4.82. The minimum absolute atomic E-state index is 0.696. The van der Waals surface area contributed by atoms with Crippen molar-refractivity contribution in [1.82, 2.24) is 19.9 Å². The summed E-state index contributed by atoms with van der Waals surface area (Å²) < 4.78 is 2.30. The van der Waals surface area contributed by atoms with E-state index in [1.54, 1.807) is 11.3 Å². The van der Waals surface area contributed by atoms with Crippen LogP contribution in [0.1, 0.15) is 0 Å². The van der Waals surface area contributed by atoms with Gasteiger partial charge in [0.2, 0.25) is 0 Å². The van der Waals surface area contributed by atoms with Crippen LogP contribution in [0.5, 0.6) is 0 Å². The van der Waals surface area contributed by atoms with Crippen LogP contribution in [0.2, 0.25) is 0 Å². The van der Waals surface area contributed by atoms with Gasteiger partial charge in [0.15, 0.2) is 11.6 Å². The van der Waals surface area contributed by atoms with Crippen molar-refractivity contribution >= 4 is 74.9 Å². The minimum atomic E-state index is 0.696. The molecule has 0 fully saturated rings. The maximum absolute atomic E-state index is 5.43. The first-order valence-electron chi connectivity index (χ1n) is 17.7. The molecule has 53 heavy (non-hydrogen) atoms. The highest BCUT2D eigenvalue weighted by molar-refractivity contribution is 7.26. The van der Waals surface area contributed by atoms with Gasteiger partial charge in [-0.1, -0.05) is 158 Å². The molecule has 0 saturated carbocycles. The molecule has 5 heteroatoms. The van der Waals surface area contributed by atoms with Gasteiger partial charge in [0.1, 0.15) is 0 Å². The van der Waals surface area contributed by atoms with Crippen LogP contribution in [0.25, 0.3) is 109 Å². The molecule has 4 nitrogen and oxygen atoms in total. The van der Waals surface area contributed by atoms with Gasteiger partial charge in [-0.2, -0.15) is 0 Å². The lowest BCUT2D eigenvalue weighted by Crippen LogP contribution is -1.96. The molecule has 0 amide bonds. The molecule has 0 spiro atoms. The van der Waals surface area contributed by atoms with Gasteiger partial charge < -0.3 is 0 Å². The van der Waals surface area contributed by atoms with Crippen LogP contribution in [0.3, 0.4) is 0 Å². The van der Waals surface area contributed by atoms with Gasteiger partial charge in [-0.25, -0.2) is 19.9 Å². The number of fused-ring (bicyclic) bond motifs is 9. The third-order valence-corrected chi connectivity index (χ3v) is 11.4. The zero-order chi connectivity index (χ0) is 34.9. The zero-order valence-electron chi connectivity index (χ0n) is 28.4. The van der Waals surface area contributed by atoms with Crippen LogP contribution in [0.4, 0.5) is 0 Å². The highest BCUT2D eigenvalue weighted by atomic mass is 32.1. The monoisotopic (exact) mass is 692 g/mol. The lowest BCUT2D eigenvalue weighted by atomic mass is 9.96. The van der Waals surface area contributed by atoms with Gasteiger partial charge in [-0.05, 0) is 44.5 Å². The van der Waals surface area contributed by atoms with Gasteiger partial charge in [0.25, 0.3) is 0 Å². The van der Waals surface area contributed by atoms with E-state index < -0.39 is 0 Å². The van der Waals surface area contributed by atoms with Crippen molar-refractivity contribution in [2.75, 3.05) is 0 Å². The number of thiophene rings is 1. The Labute approximate surface area is 308 Å². The Hall–Kier alpha value is -6.82. The van der Waals surface area contributed by atoms with Crippen molar-refractivity contribution in [3.05, 3.63) is 170 Å². The van der Waals surface area contributed by atoms with E-state index in [0.717, 1.165) is 54.8 Å². The second-order valence-corrected chi connectivity index (χ2v) is 14.4. The molecule has 0 aliphatic carbocycles. The summed E-state index contributed by atoms with van der Waals surface area (Å²) in [6.07, 6.45) is 0. The quantitative estimate of drug-likeness (QED) is 0.172. The van der Waals surface area contributed by atoms with Crippen LogP contribution in [0.15, 0.2) is 170 Å². The van der Waals surface area contributed by atoms with Gasteiger partial charge in [0.05, 0.1) is 27.1 Å². The molecule has 8 aromatic carbocycles. The molecule has 0 saturated heterocycles. The molecule has 3 aromatic heterocycles. The molecule has 11 aromatic rings. The van der Waals surface area contributed by atoms with Gasteiger partial charge in [-0.3, -0.25) is 0 Å². The molecule has 0 N–H and O–H groups in total. The topological polar surface area (TPSA) is 51.6 Å². The second kappa shape index (κ2) is 11.9. The van der Waals surface area contributed by atoms with Crippen LogP contribution < -0.4 is 0 Å². The molecule has 11 rings (SSSR count). The summed E-state index contributed by atoms with van der Waals surface area (Å²) in [5.74, 6) is 1.41. The first kappa shape index (κ1) is 29.9. The Kier molecular flexibility index (Phi) is 6.69. The van der Waals surface area contributed by atoms with Gasteiger partial charge >= 0.3 is 0 Å². The summed E-state index contributed by atoms with van der Waals surface area (Å²) in [4.78, 5) is 20.8. The molecule has 0 aliphatic rings. The predicted molar refractivity (Wildman–Crippen MR) is 222 cm³/mol. The Morgan fingerprint density at radius 3 is 1.83 bits per heavy atom. The Balaban J connectivity index is 1.14. The van der Waals surface area contributed by atoms with E-state index in [-0.39, 0.29) is 0 Å². The highest BCUT2D eigenvalue weighted by Crippen LogP contribution is 2.44. The fourth-order valence-electron chi connectivity index (χ4n) is 7.76.